The van der Waals surface area contributed by atoms with Gasteiger partial charge in [0.2, 0.25) is 5.95 Å². The molecule has 0 aliphatic carbocycles. The molecule has 1 saturated heterocycles. The molecule has 0 unspecified atom stereocenters. The van der Waals surface area contributed by atoms with Crippen molar-refractivity contribution in [2.45, 2.75) is 0 Å². The molecule has 3 N–H and O–H groups in total. The number of hydrogen-bond donors (Lipinski definition) is 3. The predicted molar refractivity (Wildman–Crippen MR) is 133 cm³/mol. The molecule has 0 radical (unpaired) electrons. The number of hydrazine groups is 1. The molecule has 1 aliphatic heterocycles. The first-order chi connectivity index (χ1) is 17.7. The molecule has 10 nitrogen and oxygen atoms in total. The van der Waals surface area contributed by atoms with Crippen LogP contribution in [0.5, 0.6) is 0 Å². The zero-order chi connectivity index (χ0) is 24.7. The average Bonchev–Trinajstić information content (AvgIpc) is 2.94. The van der Waals surface area contributed by atoms with E-state index >= 15 is 0 Å². The fraction of sp³-hybridized carbons (Fsp3) is 0.160. The van der Waals surface area contributed by atoms with E-state index in [0.717, 1.165) is 28.7 Å². The van der Waals surface area contributed by atoms with E-state index in [1.165, 1.54) is 0 Å². The second-order valence-electron chi connectivity index (χ2n) is 7.92. The van der Waals surface area contributed by atoms with Crippen molar-refractivity contribution < 1.29 is 13.9 Å². The van der Waals surface area contributed by atoms with Crippen LogP contribution in [0.2, 0.25) is 0 Å². The number of halogens is 1. The maximum absolute atomic E-state index is 14.2. The summed E-state index contributed by atoms with van der Waals surface area (Å²) in [6, 6.07) is 15.1. The number of rotatable bonds is 7. The number of amides is 1. The fourth-order valence-electron chi connectivity index (χ4n) is 3.67. The summed E-state index contributed by atoms with van der Waals surface area (Å²) in [5, 5.41) is 3.28. The van der Waals surface area contributed by atoms with Crippen LogP contribution >= 0.6 is 0 Å². The van der Waals surface area contributed by atoms with Gasteiger partial charge in [0.15, 0.2) is 11.6 Å². The molecular weight excluding hydrogens is 463 g/mol. The van der Waals surface area contributed by atoms with Crippen LogP contribution < -0.4 is 21.1 Å². The van der Waals surface area contributed by atoms with Gasteiger partial charge in [0.05, 0.1) is 31.3 Å². The Morgan fingerprint density at radius 3 is 2.58 bits per heavy atom. The summed E-state index contributed by atoms with van der Waals surface area (Å²) in [5.74, 6) is -0.797. The summed E-state index contributed by atoms with van der Waals surface area (Å²) in [6.07, 6.45) is 6.17. The third kappa shape index (κ3) is 5.53. The molecule has 1 aliphatic rings. The molecule has 182 valence electrons. The molecule has 3 aromatic heterocycles. The lowest BCUT2D eigenvalue weighted by molar-refractivity contribution is 0.0957. The first kappa shape index (κ1) is 23.1. The van der Waals surface area contributed by atoms with Crippen LogP contribution in [0.25, 0.3) is 11.1 Å². The van der Waals surface area contributed by atoms with Gasteiger partial charge in [-0.05, 0) is 35.9 Å². The fourth-order valence-corrected chi connectivity index (χ4v) is 3.67. The van der Waals surface area contributed by atoms with E-state index in [9.17, 15) is 9.18 Å². The summed E-state index contributed by atoms with van der Waals surface area (Å²) < 4.78 is 19.5. The number of aromatic nitrogens is 4. The first-order valence-corrected chi connectivity index (χ1v) is 11.3. The molecule has 4 aromatic rings. The van der Waals surface area contributed by atoms with E-state index in [2.05, 4.69) is 36.1 Å². The standard InChI is InChI=1S/C25H23FN8O2/c26-21-16-29-25(31-23(21)34-9-11-36-12-10-34)33-32-24(35)22-7-6-20(15-28-22)30-19-5-1-3-17(13-19)18-4-2-8-27-14-18/h1-8,13-16,30H,9-12H2,(H,32,35)(H,29,31,33). The lowest BCUT2D eigenvalue weighted by Crippen LogP contribution is -2.38. The van der Waals surface area contributed by atoms with Gasteiger partial charge in [-0.25, -0.2) is 14.4 Å². The van der Waals surface area contributed by atoms with Gasteiger partial charge in [-0.3, -0.25) is 20.6 Å². The zero-order valence-electron chi connectivity index (χ0n) is 19.2. The Labute approximate surface area is 206 Å². The van der Waals surface area contributed by atoms with Gasteiger partial charge in [-0.1, -0.05) is 18.2 Å². The van der Waals surface area contributed by atoms with Crippen molar-refractivity contribution in [1.29, 1.82) is 0 Å². The molecule has 0 spiro atoms. The number of carbonyl (C=O) groups is 1. The van der Waals surface area contributed by atoms with Gasteiger partial charge in [-0.15, -0.1) is 0 Å². The maximum Gasteiger partial charge on any atom is 0.288 e. The molecule has 11 heteroatoms. The molecule has 0 atom stereocenters. The Morgan fingerprint density at radius 2 is 1.81 bits per heavy atom. The molecule has 0 saturated carbocycles. The van der Waals surface area contributed by atoms with Gasteiger partial charge in [0.1, 0.15) is 5.69 Å². The average molecular weight is 487 g/mol. The van der Waals surface area contributed by atoms with E-state index in [1.807, 2.05) is 42.6 Å². The van der Waals surface area contributed by atoms with Crippen molar-refractivity contribution in [2.24, 2.45) is 0 Å². The molecular formula is C25H23FN8O2. The third-order valence-corrected chi connectivity index (χ3v) is 5.47. The largest absolute Gasteiger partial charge is 0.378 e. The number of anilines is 4. The summed E-state index contributed by atoms with van der Waals surface area (Å²) >= 11 is 0. The Bertz CT molecular complexity index is 1330. The van der Waals surface area contributed by atoms with Crippen LogP contribution in [0.3, 0.4) is 0 Å². The Balaban J connectivity index is 1.20. The highest BCUT2D eigenvalue weighted by atomic mass is 19.1. The van der Waals surface area contributed by atoms with Crippen LogP contribution in [-0.2, 0) is 4.74 Å². The van der Waals surface area contributed by atoms with Crippen molar-refractivity contribution in [3.63, 3.8) is 0 Å². The number of carbonyl (C=O) groups excluding carboxylic acids is 1. The van der Waals surface area contributed by atoms with Crippen LogP contribution in [0, 0.1) is 5.82 Å². The highest BCUT2D eigenvalue weighted by Gasteiger charge is 2.18. The molecule has 1 aromatic carbocycles. The molecule has 4 heterocycles. The molecule has 5 rings (SSSR count). The summed E-state index contributed by atoms with van der Waals surface area (Å²) in [4.78, 5) is 30.7. The first-order valence-electron chi connectivity index (χ1n) is 11.3. The monoisotopic (exact) mass is 486 g/mol. The van der Waals surface area contributed by atoms with E-state index in [4.69, 9.17) is 4.74 Å². The zero-order valence-corrected chi connectivity index (χ0v) is 19.2. The number of morpholine rings is 1. The number of nitrogens with zero attached hydrogens (tertiary/aromatic N) is 5. The van der Waals surface area contributed by atoms with E-state index in [-0.39, 0.29) is 17.5 Å². The molecule has 36 heavy (non-hydrogen) atoms. The molecule has 0 bridgehead atoms. The van der Waals surface area contributed by atoms with E-state index in [0.29, 0.717) is 26.3 Å². The maximum atomic E-state index is 14.2. The second-order valence-corrected chi connectivity index (χ2v) is 7.92. The number of hydrogen-bond acceptors (Lipinski definition) is 9. The topological polar surface area (TPSA) is 117 Å². The van der Waals surface area contributed by atoms with Crippen LogP contribution in [0.1, 0.15) is 10.5 Å². The Kier molecular flexibility index (Phi) is 6.90. The lowest BCUT2D eigenvalue weighted by Gasteiger charge is -2.28. The smallest absolute Gasteiger partial charge is 0.288 e. The number of benzene rings is 1. The van der Waals surface area contributed by atoms with Gasteiger partial charge in [0.25, 0.3) is 5.91 Å². The Hall–Kier alpha value is -4.64. The molecule has 1 fully saturated rings. The number of pyridine rings is 2. The van der Waals surface area contributed by atoms with E-state index in [1.54, 1.807) is 29.4 Å². The Morgan fingerprint density at radius 1 is 0.944 bits per heavy atom. The third-order valence-electron chi connectivity index (χ3n) is 5.47. The quantitative estimate of drug-likeness (QED) is 0.338. The minimum Gasteiger partial charge on any atom is -0.378 e. The van der Waals surface area contributed by atoms with Gasteiger partial charge in [0, 0.05) is 36.7 Å². The van der Waals surface area contributed by atoms with Crippen molar-refractivity contribution in [3.8, 4) is 11.1 Å². The minimum atomic E-state index is -0.537. The normalized spacial score (nSPS) is 13.2. The predicted octanol–water partition coefficient (Wildman–Crippen LogP) is 3.41. The minimum absolute atomic E-state index is 0.0676. The highest BCUT2D eigenvalue weighted by Crippen LogP contribution is 2.24. The van der Waals surface area contributed by atoms with Crippen molar-refractivity contribution in [3.05, 3.63) is 84.8 Å². The van der Waals surface area contributed by atoms with Crippen LogP contribution in [0.4, 0.5) is 27.5 Å². The van der Waals surface area contributed by atoms with Crippen molar-refractivity contribution in [1.82, 2.24) is 25.4 Å². The second kappa shape index (κ2) is 10.7. The van der Waals surface area contributed by atoms with Gasteiger partial charge in [-0.2, -0.15) is 4.98 Å². The van der Waals surface area contributed by atoms with Gasteiger partial charge < -0.3 is 15.0 Å². The summed E-state index contributed by atoms with van der Waals surface area (Å²) in [5.41, 5.74) is 8.94. The lowest BCUT2D eigenvalue weighted by atomic mass is 10.1. The summed E-state index contributed by atoms with van der Waals surface area (Å²) in [7, 11) is 0. The number of nitrogens with one attached hydrogen (secondary N) is 3. The SMILES string of the molecule is O=C(NNc1ncc(F)c(N2CCOCC2)n1)c1ccc(Nc2cccc(-c3cccnc3)c2)cn1. The highest BCUT2D eigenvalue weighted by molar-refractivity contribution is 5.93. The van der Waals surface area contributed by atoms with Crippen LogP contribution in [0.15, 0.2) is 73.3 Å². The van der Waals surface area contributed by atoms with Crippen LogP contribution in [-0.4, -0.2) is 52.1 Å². The van der Waals surface area contributed by atoms with Crippen molar-refractivity contribution >= 4 is 29.0 Å². The van der Waals surface area contributed by atoms with Gasteiger partial charge >= 0.3 is 0 Å². The summed E-state index contributed by atoms with van der Waals surface area (Å²) in [6.45, 7) is 2.04. The number of ether oxygens (including phenoxy) is 1. The van der Waals surface area contributed by atoms with Crippen molar-refractivity contribution in [2.75, 3.05) is 41.9 Å². The van der Waals surface area contributed by atoms with E-state index < -0.39 is 11.7 Å². The molecule has 1 amide bonds.